The van der Waals surface area contributed by atoms with Crippen molar-refractivity contribution in [3.8, 4) is 11.8 Å². The second-order valence-corrected chi connectivity index (χ2v) is 9.14. The molecule has 0 atom stereocenters. The summed E-state index contributed by atoms with van der Waals surface area (Å²) in [4.78, 5) is 43.4. The average Bonchev–Trinajstić information content (AvgIpc) is 3.31. The third-order valence-electron chi connectivity index (χ3n) is 6.18. The van der Waals surface area contributed by atoms with Crippen molar-refractivity contribution in [2.75, 3.05) is 6.54 Å². The van der Waals surface area contributed by atoms with Crippen LogP contribution in [0.3, 0.4) is 0 Å². The fraction of sp³-hybridized carbons (Fsp3) is 0.619. The third kappa shape index (κ3) is 4.15. The van der Waals surface area contributed by atoms with Crippen LogP contribution >= 0.6 is 11.3 Å². The van der Waals surface area contributed by atoms with Crippen molar-refractivity contribution in [3.63, 3.8) is 0 Å². The minimum atomic E-state index is -0.803. The minimum Gasteiger partial charge on any atom is -0.338 e. The highest BCUT2D eigenvalue weighted by molar-refractivity contribution is 7.10. The Hall–Kier alpha value is -2.40. The standard InChI is InChI=1S/C21H26N4O3S/c26-16(15-25-18(27)21(24-19(25)28)10-5-2-6-11-21)23-20(8-3-1-4-9-20)12-7-17-22-13-14-29-17/h13-14H,1-6,8-11,15H2,(H,23,26)(H,24,28). The van der Waals surface area contributed by atoms with E-state index in [1.165, 1.54) is 11.3 Å². The van der Waals surface area contributed by atoms with E-state index < -0.39 is 17.1 Å². The molecule has 154 valence electrons. The number of hydrogen-bond acceptors (Lipinski definition) is 5. The molecule has 3 aliphatic rings. The normalized spacial score (nSPS) is 22.7. The molecule has 8 heteroatoms. The maximum atomic E-state index is 12.9. The van der Waals surface area contributed by atoms with E-state index in [4.69, 9.17) is 0 Å². The lowest BCUT2D eigenvalue weighted by atomic mass is 9.81. The summed E-state index contributed by atoms with van der Waals surface area (Å²) in [5, 5.41) is 8.49. The number of hydrogen-bond donors (Lipinski definition) is 2. The van der Waals surface area contributed by atoms with Crippen molar-refractivity contribution in [1.29, 1.82) is 0 Å². The van der Waals surface area contributed by atoms with E-state index in [2.05, 4.69) is 27.5 Å². The van der Waals surface area contributed by atoms with Crippen LogP contribution in [0.4, 0.5) is 4.79 Å². The summed E-state index contributed by atoms with van der Waals surface area (Å²) in [6.07, 6.45) is 10.5. The predicted molar refractivity (Wildman–Crippen MR) is 109 cm³/mol. The smallest absolute Gasteiger partial charge is 0.325 e. The monoisotopic (exact) mass is 414 g/mol. The molecule has 1 aromatic rings. The van der Waals surface area contributed by atoms with Crippen LogP contribution < -0.4 is 10.6 Å². The molecule has 1 saturated heterocycles. The van der Waals surface area contributed by atoms with Crippen LogP contribution in [0.5, 0.6) is 0 Å². The lowest BCUT2D eigenvalue weighted by Gasteiger charge is -2.34. The number of rotatable bonds is 3. The number of thiazole rings is 1. The molecular formula is C21H26N4O3S. The van der Waals surface area contributed by atoms with Crippen LogP contribution in [-0.4, -0.2) is 45.4 Å². The van der Waals surface area contributed by atoms with Crippen LogP contribution in [0, 0.1) is 11.8 Å². The number of nitrogens with zero attached hydrogens (tertiary/aromatic N) is 2. The summed E-state index contributed by atoms with van der Waals surface area (Å²) in [7, 11) is 0. The molecule has 4 rings (SSSR count). The van der Waals surface area contributed by atoms with Gasteiger partial charge in [0.15, 0.2) is 5.01 Å². The largest absolute Gasteiger partial charge is 0.338 e. The van der Waals surface area contributed by atoms with Gasteiger partial charge in [-0.25, -0.2) is 9.78 Å². The Morgan fingerprint density at radius 1 is 1.14 bits per heavy atom. The quantitative estimate of drug-likeness (QED) is 0.587. The van der Waals surface area contributed by atoms with Crippen molar-refractivity contribution in [3.05, 3.63) is 16.6 Å². The van der Waals surface area contributed by atoms with E-state index in [1.807, 2.05) is 5.38 Å². The molecule has 3 fully saturated rings. The van der Waals surface area contributed by atoms with Gasteiger partial charge in [0, 0.05) is 11.6 Å². The van der Waals surface area contributed by atoms with Gasteiger partial charge in [0.25, 0.3) is 5.91 Å². The summed E-state index contributed by atoms with van der Waals surface area (Å²) >= 11 is 1.46. The number of amides is 4. The van der Waals surface area contributed by atoms with Crippen molar-refractivity contribution >= 4 is 29.2 Å². The first kappa shape index (κ1) is 19.9. The molecule has 0 bridgehead atoms. The number of aromatic nitrogens is 1. The van der Waals surface area contributed by atoms with E-state index in [0.717, 1.165) is 61.3 Å². The van der Waals surface area contributed by atoms with Crippen molar-refractivity contribution in [2.24, 2.45) is 0 Å². The molecule has 2 heterocycles. The summed E-state index contributed by atoms with van der Waals surface area (Å²) in [5.41, 5.74) is -1.43. The lowest BCUT2D eigenvalue weighted by molar-refractivity contribution is -0.136. The van der Waals surface area contributed by atoms with Gasteiger partial charge in [-0.05, 0) is 31.6 Å². The maximum Gasteiger partial charge on any atom is 0.325 e. The highest BCUT2D eigenvalue weighted by Gasteiger charge is 2.51. The number of carbonyl (C=O) groups excluding carboxylic acids is 3. The zero-order valence-electron chi connectivity index (χ0n) is 16.5. The first-order valence-electron chi connectivity index (χ1n) is 10.4. The third-order valence-corrected chi connectivity index (χ3v) is 6.87. The Labute approximate surface area is 174 Å². The number of carbonyl (C=O) groups is 3. The molecule has 1 aliphatic heterocycles. The molecule has 29 heavy (non-hydrogen) atoms. The van der Waals surface area contributed by atoms with Gasteiger partial charge >= 0.3 is 6.03 Å². The molecule has 2 aliphatic carbocycles. The van der Waals surface area contributed by atoms with Gasteiger partial charge in [-0.15, -0.1) is 11.3 Å². The molecule has 2 N–H and O–H groups in total. The average molecular weight is 415 g/mol. The molecule has 7 nitrogen and oxygen atoms in total. The molecular weight excluding hydrogens is 388 g/mol. The SMILES string of the molecule is O=C(CN1C(=O)NC2(CCCCC2)C1=O)NC1(C#Cc2nccs2)CCCCC1. The highest BCUT2D eigenvalue weighted by atomic mass is 32.1. The van der Waals surface area contributed by atoms with Gasteiger partial charge in [0.05, 0.1) is 0 Å². The zero-order valence-corrected chi connectivity index (χ0v) is 17.3. The summed E-state index contributed by atoms with van der Waals surface area (Å²) in [5.74, 6) is 5.72. The molecule has 0 aromatic carbocycles. The van der Waals surface area contributed by atoms with Gasteiger partial charge in [-0.1, -0.05) is 44.4 Å². The molecule has 1 aromatic heterocycles. The fourth-order valence-electron chi connectivity index (χ4n) is 4.66. The molecule has 0 radical (unpaired) electrons. The zero-order chi connectivity index (χ0) is 20.3. The second kappa shape index (κ2) is 8.15. The van der Waals surface area contributed by atoms with Crippen molar-refractivity contribution in [1.82, 2.24) is 20.5 Å². The molecule has 2 saturated carbocycles. The van der Waals surface area contributed by atoms with Crippen molar-refractivity contribution < 1.29 is 14.4 Å². The number of nitrogens with one attached hydrogen (secondary N) is 2. The minimum absolute atomic E-state index is 0.257. The Kier molecular flexibility index (Phi) is 5.59. The summed E-state index contributed by atoms with van der Waals surface area (Å²) in [6, 6.07) is -0.460. The van der Waals surface area contributed by atoms with Crippen LogP contribution in [0.15, 0.2) is 11.6 Å². The summed E-state index contributed by atoms with van der Waals surface area (Å²) < 4.78 is 0. The van der Waals surface area contributed by atoms with E-state index >= 15 is 0 Å². The summed E-state index contributed by atoms with van der Waals surface area (Å²) in [6.45, 7) is -0.257. The van der Waals surface area contributed by atoms with Crippen molar-refractivity contribution in [2.45, 2.75) is 75.3 Å². The molecule has 0 unspecified atom stereocenters. The van der Waals surface area contributed by atoms with E-state index in [9.17, 15) is 14.4 Å². The molecule has 1 spiro atoms. The van der Waals surface area contributed by atoms with Crippen LogP contribution in [0.1, 0.15) is 69.2 Å². The Bertz CT molecular complexity index is 843. The Balaban J connectivity index is 1.45. The number of urea groups is 1. The first-order valence-corrected chi connectivity index (χ1v) is 11.3. The van der Waals surface area contributed by atoms with Gasteiger partial charge in [0.2, 0.25) is 5.91 Å². The van der Waals surface area contributed by atoms with E-state index in [0.29, 0.717) is 12.8 Å². The second-order valence-electron chi connectivity index (χ2n) is 8.24. The van der Waals surface area contributed by atoms with Gasteiger partial charge < -0.3 is 10.6 Å². The van der Waals surface area contributed by atoms with E-state index in [-0.39, 0.29) is 18.4 Å². The Morgan fingerprint density at radius 3 is 2.48 bits per heavy atom. The van der Waals surface area contributed by atoms with Crippen LogP contribution in [-0.2, 0) is 9.59 Å². The predicted octanol–water partition coefficient (Wildman–Crippen LogP) is 2.57. The number of imide groups is 1. The highest BCUT2D eigenvalue weighted by Crippen LogP contribution is 2.34. The van der Waals surface area contributed by atoms with Gasteiger partial charge in [-0.2, -0.15) is 0 Å². The Morgan fingerprint density at radius 2 is 1.83 bits per heavy atom. The fourth-order valence-corrected chi connectivity index (χ4v) is 5.14. The molecule has 4 amide bonds. The lowest BCUT2D eigenvalue weighted by Crippen LogP contribution is -2.53. The first-order chi connectivity index (χ1) is 14.0. The topological polar surface area (TPSA) is 91.4 Å². The van der Waals surface area contributed by atoms with E-state index in [1.54, 1.807) is 6.20 Å². The van der Waals surface area contributed by atoms with Crippen LogP contribution in [0.25, 0.3) is 0 Å². The van der Waals surface area contributed by atoms with Gasteiger partial charge in [0.1, 0.15) is 17.6 Å². The van der Waals surface area contributed by atoms with Crippen LogP contribution in [0.2, 0.25) is 0 Å². The maximum absolute atomic E-state index is 12.9. The van der Waals surface area contributed by atoms with Gasteiger partial charge in [-0.3, -0.25) is 14.5 Å².